The Morgan fingerprint density at radius 2 is 1.88 bits per heavy atom. The molecule has 26 heavy (non-hydrogen) atoms. The van der Waals surface area contributed by atoms with E-state index in [1.807, 2.05) is 0 Å². The van der Waals surface area contributed by atoms with Gasteiger partial charge in [0.2, 0.25) is 5.95 Å². The number of anilines is 3. The molecule has 0 spiro atoms. The van der Waals surface area contributed by atoms with Crippen LogP contribution in [0.25, 0.3) is 0 Å². The highest BCUT2D eigenvalue weighted by molar-refractivity contribution is 6.03. The fourth-order valence-electron chi connectivity index (χ4n) is 2.03. The third-order valence-electron chi connectivity index (χ3n) is 3.23. The van der Waals surface area contributed by atoms with E-state index in [0.29, 0.717) is 5.76 Å². The zero-order valence-electron chi connectivity index (χ0n) is 13.3. The number of carbonyl (C=O) groups is 1. The van der Waals surface area contributed by atoms with E-state index in [0.717, 1.165) is 12.1 Å². The molecule has 0 aliphatic carbocycles. The van der Waals surface area contributed by atoms with Crippen molar-refractivity contribution in [3.63, 3.8) is 0 Å². The van der Waals surface area contributed by atoms with E-state index in [-0.39, 0.29) is 23.0 Å². The number of hydrogen-bond donors (Lipinski definition) is 2. The highest BCUT2D eigenvalue weighted by atomic mass is 19.4. The number of benzene rings is 1. The summed E-state index contributed by atoms with van der Waals surface area (Å²) in [5, 5.41) is 8.79. The molecule has 7 nitrogen and oxygen atoms in total. The molecule has 0 saturated carbocycles. The normalized spacial score (nSPS) is 11.2. The second-order valence-corrected chi connectivity index (χ2v) is 5.28. The maximum absolute atomic E-state index is 12.7. The number of carbonyl (C=O) groups excluding carboxylic acids is 1. The monoisotopic (exact) mass is 363 g/mol. The molecule has 3 aromatic rings. The van der Waals surface area contributed by atoms with E-state index in [4.69, 9.17) is 4.52 Å². The lowest BCUT2D eigenvalue weighted by molar-refractivity contribution is -0.137. The molecule has 0 radical (unpaired) electrons. The van der Waals surface area contributed by atoms with Crippen LogP contribution >= 0.6 is 0 Å². The molecule has 0 bridgehead atoms. The molecule has 1 amide bonds. The van der Waals surface area contributed by atoms with Crippen molar-refractivity contribution in [1.82, 2.24) is 15.1 Å². The van der Waals surface area contributed by atoms with Crippen molar-refractivity contribution < 1.29 is 22.5 Å². The standard InChI is InChI=1S/C16H12F3N5O2/c1-9-5-13(24-26-9)23-14(25)10-7-20-15(21-8-10)22-12-4-2-3-11(6-12)16(17,18)19/h2-8H,1H3,(H,20,21,22)(H,23,24,25). The molecular formula is C16H12F3N5O2. The lowest BCUT2D eigenvalue weighted by Gasteiger charge is -2.09. The first kappa shape index (κ1) is 17.4. The topological polar surface area (TPSA) is 92.9 Å². The second kappa shape index (κ2) is 6.82. The molecule has 1 aromatic carbocycles. The van der Waals surface area contributed by atoms with Crippen LogP contribution in [0.3, 0.4) is 0 Å². The number of alkyl halides is 3. The van der Waals surface area contributed by atoms with E-state index in [1.54, 1.807) is 13.0 Å². The largest absolute Gasteiger partial charge is 0.416 e. The van der Waals surface area contributed by atoms with Crippen molar-refractivity contribution in [3.05, 3.63) is 59.6 Å². The zero-order chi connectivity index (χ0) is 18.7. The minimum Gasteiger partial charge on any atom is -0.360 e. The maximum atomic E-state index is 12.7. The molecule has 0 atom stereocenters. The highest BCUT2D eigenvalue weighted by Crippen LogP contribution is 2.31. The lowest BCUT2D eigenvalue weighted by Crippen LogP contribution is -2.13. The molecule has 0 aliphatic rings. The third-order valence-corrected chi connectivity index (χ3v) is 3.23. The van der Waals surface area contributed by atoms with Crippen molar-refractivity contribution >= 4 is 23.4 Å². The average Bonchev–Trinajstić information content (AvgIpc) is 3.00. The second-order valence-electron chi connectivity index (χ2n) is 5.28. The Morgan fingerprint density at radius 3 is 2.50 bits per heavy atom. The first-order valence-corrected chi connectivity index (χ1v) is 7.32. The Kier molecular flexibility index (Phi) is 4.57. The number of amides is 1. The molecule has 3 rings (SSSR count). The Morgan fingerprint density at radius 1 is 1.15 bits per heavy atom. The number of aromatic nitrogens is 3. The van der Waals surface area contributed by atoms with Gasteiger partial charge >= 0.3 is 6.18 Å². The van der Waals surface area contributed by atoms with Crippen LogP contribution in [-0.2, 0) is 6.18 Å². The summed E-state index contributed by atoms with van der Waals surface area (Å²) in [7, 11) is 0. The molecule has 0 saturated heterocycles. The van der Waals surface area contributed by atoms with Crippen LogP contribution < -0.4 is 10.6 Å². The van der Waals surface area contributed by atoms with Gasteiger partial charge < -0.3 is 15.2 Å². The Bertz CT molecular complexity index is 922. The predicted molar refractivity (Wildman–Crippen MR) is 86.0 cm³/mol. The SMILES string of the molecule is Cc1cc(NC(=O)c2cnc(Nc3cccc(C(F)(F)F)c3)nc2)no1. The van der Waals surface area contributed by atoms with Crippen molar-refractivity contribution in [2.24, 2.45) is 0 Å². The summed E-state index contributed by atoms with van der Waals surface area (Å²) in [6.07, 6.45) is -1.96. The lowest BCUT2D eigenvalue weighted by atomic mass is 10.2. The van der Waals surface area contributed by atoms with E-state index in [1.165, 1.54) is 24.5 Å². The van der Waals surface area contributed by atoms with Gasteiger partial charge in [0, 0.05) is 24.1 Å². The van der Waals surface area contributed by atoms with Crippen LogP contribution in [0.1, 0.15) is 21.7 Å². The summed E-state index contributed by atoms with van der Waals surface area (Å²) < 4.78 is 43.0. The summed E-state index contributed by atoms with van der Waals surface area (Å²) in [5.41, 5.74) is -0.461. The Labute approximate surface area is 145 Å². The molecular weight excluding hydrogens is 351 g/mol. The van der Waals surface area contributed by atoms with Crippen molar-refractivity contribution in [2.45, 2.75) is 13.1 Å². The van der Waals surface area contributed by atoms with Crippen molar-refractivity contribution in [3.8, 4) is 0 Å². The maximum Gasteiger partial charge on any atom is 0.416 e. The minimum atomic E-state index is -4.44. The van der Waals surface area contributed by atoms with Gasteiger partial charge in [-0.3, -0.25) is 4.79 Å². The molecule has 134 valence electrons. The minimum absolute atomic E-state index is 0.0538. The van der Waals surface area contributed by atoms with E-state index in [9.17, 15) is 18.0 Å². The number of nitrogens with one attached hydrogen (secondary N) is 2. The molecule has 10 heteroatoms. The number of hydrogen-bond acceptors (Lipinski definition) is 6. The van der Waals surface area contributed by atoms with Gasteiger partial charge in [0.25, 0.3) is 5.91 Å². The van der Waals surface area contributed by atoms with Crippen LogP contribution in [0.5, 0.6) is 0 Å². The highest BCUT2D eigenvalue weighted by Gasteiger charge is 2.30. The Hall–Kier alpha value is -3.43. The molecule has 0 fully saturated rings. The van der Waals surface area contributed by atoms with Gasteiger partial charge in [-0.15, -0.1) is 0 Å². The van der Waals surface area contributed by atoms with Crippen LogP contribution in [0.4, 0.5) is 30.6 Å². The third kappa shape index (κ3) is 4.15. The first-order valence-electron chi connectivity index (χ1n) is 7.32. The van der Waals surface area contributed by atoms with Gasteiger partial charge in [-0.05, 0) is 25.1 Å². The summed E-state index contributed by atoms with van der Waals surface area (Å²) in [6, 6.07) is 6.17. The van der Waals surface area contributed by atoms with Crippen molar-refractivity contribution in [2.75, 3.05) is 10.6 Å². The van der Waals surface area contributed by atoms with Gasteiger partial charge in [0.15, 0.2) is 5.82 Å². The van der Waals surface area contributed by atoms with E-state index in [2.05, 4.69) is 25.8 Å². The van der Waals surface area contributed by atoms with Gasteiger partial charge in [-0.25, -0.2) is 9.97 Å². The molecule has 2 heterocycles. The molecule has 2 aromatic heterocycles. The van der Waals surface area contributed by atoms with Crippen LogP contribution in [0, 0.1) is 6.92 Å². The fourth-order valence-corrected chi connectivity index (χ4v) is 2.03. The van der Waals surface area contributed by atoms with Gasteiger partial charge in [0.05, 0.1) is 11.1 Å². The Balaban J connectivity index is 1.69. The quantitative estimate of drug-likeness (QED) is 0.733. The van der Waals surface area contributed by atoms with E-state index >= 15 is 0 Å². The number of nitrogens with zero attached hydrogens (tertiary/aromatic N) is 3. The van der Waals surface area contributed by atoms with Gasteiger partial charge in [-0.2, -0.15) is 13.2 Å². The molecule has 2 N–H and O–H groups in total. The number of halogens is 3. The summed E-state index contributed by atoms with van der Waals surface area (Å²) in [5.74, 6) is 0.345. The van der Waals surface area contributed by atoms with E-state index < -0.39 is 17.6 Å². The van der Waals surface area contributed by atoms with Gasteiger partial charge in [0.1, 0.15) is 5.76 Å². The smallest absolute Gasteiger partial charge is 0.360 e. The predicted octanol–water partition coefficient (Wildman–Crippen LogP) is 3.79. The number of aryl methyl sites for hydroxylation is 1. The van der Waals surface area contributed by atoms with Crippen LogP contribution in [-0.4, -0.2) is 21.0 Å². The zero-order valence-corrected chi connectivity index (χ0v) is 13.3. The summed E-state index contributed by atoms with van der Waals surface area (Å²) >= 11 is 0. The number of rotatable bonds is 4. The van der Waals surface area contributed by atoms with Crippen LogP contribution in [0.15, 0.2) is 47.2 Å². The first-order chi connectivity index (χ1) is 12.3. The molecule has 0 unspecified atom stereocenters. The molecule has 0 aliphatic heterocycles. The van der Waals surface area contributed by atoms with Gasteiger partial charge in [-0.1, -0.05) is 11.2 Å². The van der Waals surface area contributed by atoms with Crippen molar-refractivity contribution in [1.29, 1.82) is 0 Å². The summed E-state index contributed by atoms with van der Waals surface area (Å²) in [4.78, 5) is 19.9. The average molecular weight is 363 g/mol. The fraction of sp³-hybridized carbons (Fsp3) is 0.125. The van der Waals surface area contributed by atoms with Crippen LogP contribution in [0.2, 0.25) is 0 Å². The summed E-state index contributed by atoms with van der Waals surface area (Å²) in [6.45, 7) is 1.68.